The van der Waals surface area contributed by atoms with Crippen LogP contribution >= 0.6 is 11.3 Å². The van der Waals surface area contributed by atoms with Gasteiger partial charge in [0.05, 0.1) is 12.0 Å². The van der Waals surface area contributed by atoms with E-state index in [0.29, 0.717) is 25.3 Å². The lowest BCUT2D eigenvalue weighted by atomic mass is 10.1. The number of hydrogen-bond donors (Lipinski definition) is 2. The molecule has 0 radical (unpaired) electrons. The Labute approximate surface area is 163 Å². The first-order chi connectivity index (χ1) is 13.0. The summed E-state index contributed by atoms with van der Waals surface area (Å²) in [6.45, 7) is 7.76. The molecule has 2 heterocycles. The molecule has 0 spiro atoms. The SMILES string of the molecule is COCCNC(=O)c1ccc(CNc2nc(C)nc3sc(C)c(C)c23)cc1. The quantitative estimate of drug-likeness (QED) is 0.609. The Hall–Kier alpha value is -2.51. The zero-order valence-corrected chi connectivity index (χ0v) is 16.9. The standard InChI is InChI=1S/C20H24N4O2S/c1-12-13(2)27-20-17(12)18(23-14(3)24-20)22-11-15-5-7-16(8-6-15)19(25)21-9-10-26-4/h5-8H,9-11H2,1-4H3,(H,21,25)(H,22,23,24). The molecule has 0 saturated carbocycles. The number of nitrogens with zero attached hydrogens (tertiary/aromatic N) is 2. The van der Waals surface area contributed by atoms with Gasteiger partial charge in [0.15, 0.2) is 0 Å². The van der Waals surface area contributed by atoms with E-state index < -0.39 is 0 Å². The molecule has 0 saturated heterocycles. The van der Waals surface area contributed by atoms with Crippen LogP contribution in [0.3, 0.4) is 0 Å². The third-order valence-electron chi connectivity index (χ3n) is 4.41. The maximum atomic E-state index is 12.0. The Kier molecular flexibility index (Phi) is 6.03. The summed E-state index contributed by atoms with van der Waals surface area (Å²) in [5.41, 5.74) is 2.94. The van der Waals surface area contributed by atoms with Crippen LogP contribution in [0.25, 0.3) is 10.2 Å². The molecule has 0 unspecified atom stereocenters. The minimum absolute atomic E-state index is 0.0935. The first kappa shape index (κ1) is 19.3. The van der Waals surface area contributed by atoms with Crippen molar-refractivity contribution in [2.24, 2.45) is 0 Å². The van der Waals surface area contributed by atoms with E-state index in [2.05, 4.69) is 34.4 Å². The number of methoxy groups -OCH3 is 1. The molecule has 6 nitrogen and oxygen atoms in total. The van der Waals surface area contributed by atoms with Crippen molar-refractivity contribution in [2.75, 3.05) is 25.6 Å². The predicted octanol–water partition coefficient (Wildman–Crippen LogP) is 3.60. The van der Waals surface area contributed by atoms with Crippen molar-refractivity contribution < 1.29 is 9.53 Å². The second-order valence-electron chi connectivity index (χ2n) is 6.38. The maximum absolute atomic E-state index is 12.0. The highest BCUT2D eigenvalue weighted by molar-refractivity contribution is 7.18. The van der Waals surface area contributed by atoms with Crippen molar-refractivity contribution in [1.29, 1.82) is 0 Å². The van der Waals surface area contributed by atoms with Gasteiger partial charge in [0.25, 0.3) is 5.91 Å². The fraction of sp³-hybridized carbons (Fsp3) is 0.350. The summed E-state index contributed by atoms with van der Waals surface area (Å²) in [6.07, 6.45) is 0. The van der Waals surface area contributed by atoms with Crippen LogP contribution in [0, 0.1) is 20.8 Å². The van der Waals surface area contributed by atoms with Crippen LogP contribution in [0.1, 0.15) is 32.2 Å². The van der Waals surface area contributed by atoms with E-state index >= 15 is 0 Å². The molecule has 0 aliphatic carbocycles. The van der Waals surface area contributed by atoms with Gasteiger partial charge in [-0.25, -0.2) is 9.97 Å². The van der Waals surface area contributed by atoms with Gasteiger partial charge in [-0.05, 0) is 44.0 Å². The van der Waals surface area contributed by atoms with Crippen molar-refractivity contribution in [3.05, 3.63) is 51.7 Å². The first-order valence-electron chi connectivity index (χ1n) is 8.84. The number of aryl methyl sites for hydroxylation is 3. The normalized spacial score (nSPS) is 11.0. The van der Waals surface area contributed by atoms with Crippen LogP contribution in [0.5, 0.6) is 0 Å². The highest BCUT2D eigenvalue weighted by Crippen LogP contribution is 2.33. The van der Waals surface area contributed by atoms with Crippen LogP contribution in [0.15, 0.2) is 24.3 Å². The Morgan fingerprint density at radius 2 is 1.89 bits per heavy atom. The number of thiophene rings is 1. The lowest BCUT2D eigenvalue weighted by Crippen LogP contribution is -2.26. The number of ether oxygens (including phenoxy) is 1. The molecule has 2 aromatic heterocycles. The third-order valence-corrected chi connectivity index (χ3v) is 5.51. The van der Waals surface area contributed by atoms with Crippen molar-refractivity contribution in [3.63, 3.8) is 0 Å². The molecule has 3 aromatic rings. The molecule has 1 aromatic carbocycles. The number of hydrogen-bond acceptors (Lipinski definition) is 6. The lowest BCUT2D eigenvalue weighted by molar-refractivity contribution is 0.0937. The van der Waals surface area contributed by atoms with Gasteiger partial charge in [-0.15, -0.1) is 11.3 Å². The van der Waals surface area contributed by atoms with Crippen molar-refractivity contribution in [1.82, 2.24) is 15.3 Å². The summed E-state index contributed by atoms with van der Waals surface area (Å²) >= 11 is 1.70. The van der Waals surface area contributed by atoms with Crippen molar-refractivity contribution in [3.8, 4) is 0 Å². The minimum Gasteiger partial charge on any atom is -0.383 e. The van der Waals surface area contributed by atoms with Gasteiger partial charge in [-0.3, -0.25) is 4.79 Å². The second kappa shape index (κ2) is 8.45. The maximum Gasteiger partial charge on any atom is 0.251 e. The molecular weight excluding hydrogens is 360 g/mol. The molecule has 0 aliphatic heterocycles. The fourth-order valence-electron chi connectivity index (χ4n) is 2.81. The minimum atomic E-state index is -0.0935. The fourth-order valence-corrected chi connectivity index (χ4v) is 3.89. The van der Waals surface area contributed by atoms with Crippen LogP contribution in [-0.4, -0.2) is 36.1 Å². The van der Waals surface area contributed by atoms with Crippen molar-refractivity contribution in [2.45, 2.75) is 27.3 Å². The summed E-state index contributed by atoms with van der Waals surface area (Å²) in [5, 5.41) is 7.34. The van der Waals surface area contributed by atoms with E-state index in [1.165, 1.54) is 10.4 Å². The monoisotopic (exact) mass is 384 g/mol. The zero-order chi connectivity index (χ0) is 19.4. The van der Waals surface area contributed by atoms with Crippen LogP contribution < -0.4 is 10.6 Å². The molecule has 0 atom stereocenters. The highest BCUT2D eigenvalue weighted by atomic mass is 32.1. The topological polar surface area (TPSA) is 76.1 Å². The molecule has 2 N–H and O–H groups in total. The Balaban J connectivity index is 1.70. The number of benzene rings is 1. The van der Waals surface area contributed by atoms with E-state index in [-0.39, 0.29) is 5.91 Å². The van der Waals surface area contributed by atoms with E-state index in [9.17, 15) is 4.79 Å². The summed E-state index contributed by atoms with van der Waals surface area (Å²) in [6, 6.07) is 7.57. The number of carbonyl (C=O) groups excluding carboxylic acids is 1. The number of aromatic nitrogens is 2. The second-order valence-corrected chi connectivity index (χ2v) is 7.59. The van der Waals surface area contributed by atoms with Gasteiger partial charge in [0.1, 0.15) is 16.5 Å². The smallest absolute Gasteiger partial charge is 0.251 e. The Bertz CT molecular complexity index is 951. The average Bonchev–Trinajstić information content (AvgIpc) is 2.94. The Morgan fingerprint density at radius 1 is 1.15 bits per heavy atom. The van der Waals surface area contributed by atoms with Gasteiger partial charge in [0.2, 0.25) is 0 Å². The molecule has 1 amide bonds. The van der Waals surface area contributed by atoms with Gasteiger partial charge in [-0.2, -0.15) is 0 Å². The predicted molar refractivity (Wildman–Crippen MR) is 110 cm³/mol. The van der Waals surface area contributed by atoms with E-state index in [0.717, 1.165) is 27.4 Å². The molecular formula is C20H24N4O2S. The first-order valence-corrected chi connectivity index (χ1v) is 9.65. The number of nitrogens with one attached hydrogen (secondary N) is 2. The summed E-state index contributed by atoms with van der Waals surface area (Å²) < 4.78 is 4.94. The van der Waals surface area contributed by atoms with E-state index in [4.69, 9.17) is 4.74 Å². The number of carbonyl (C=O) groups is 1. The molecule has 7 heteroatoms. The van der Waals surface area contributed by atoms with Gasteiger partial charge >= 0.3 is 0 Å². The largest absolute Gasteiger partial charge is 0.383 e. The average molecular weight is 385 g/mol. The van der Waals surface area contributed by atoms with Crippen LogP contribution in [-0.2, 0) is 11.3 Å². The number of rotatable bonds is 7. The summed E-state index contributed by atoms with van der Waals surface area (Å²) in [5.74, 6) is 1.53. The van der Waals surface area contributed by atoms with Crippen molar-refractivity contribution >= 4 is 33.3 Å². The van der Waals surface area contributed by atoms with Gasteiger partial charge < -0.3 is 15.4 Å². The molecule has 27 heavy (non-hydrogen) atoms. The summed E-state index contributed by atoms with van der Waals surface area (Å²) in [4.78, 5) is 23.4. The lowest BCUT2D eigenvalue weighted by Gasteiger charge is -2.10. The van der Waals surface area contributed by atoms with Crippen LogP contribution in [0.2, 0.25) is 0 Å². The third kappa shape index (κ3) is 4.43. The number of amides is 1. The van der Waals surface area contributed by atoms with Gasteiger partial charge in [-0.1, -0.05) is 12.1 Å². The molecule has 0 aliphatic rings. The molecule has 142 valence electrons. The van der Waals surface area contributed by atoms with Gasteiger partial charge in [0, 0.05) is 30.6 Å². The number of anilines is 1. The summed E-state index contributed by atoms with van der Waals surface area (Å²) in [7, 11) is 1.61. The van der Waals surface area contributed by atoms with E-state index in [1.807, 2.05) is 31.2 Å². The zero-order valence-electron chi connectivity index (χ0n) is 16.0. The highest BCUT2D eigenvalue weighted by Gasteiger charge is 2.13. The number of fused-ring (bicyclic) bond motifs is 1. The van der Waals surface area contributed by atoms with E-state index in [1.54, 1.807) is 18.4 Å². The van der Waals surface area contributed by atoms with Crippen LogP contribution in [0.4, 0.5) is 5.82 Å². The molecule has 0 bridgehead atoms. The Morgan fingerprint density at radius 3 is 2.59 bits per heavy atom. The molecule has 0 fully saturated rings. The molecule has 3 rings (SSSR count).